The van der Waals surface area contributed by atoms with Crippen LogP contribution in [0.4, 0.5) is 0 Å². The summed E-state index contributed by atoms with van der Waals surface area (Å²) < 4.78 is 11.2. The Kier molecular flexibility index (Phi) is 6.81. The van der Waals surface area contributed by atoms with Crippen LogP contribution in [-0.4, -0.2) is 61.2 Å². The first kappa shape index (κ1) is 17.5. The fourth-order valence-corrected chi connectivity index (χ4v) is 4.73. The molecule has 2 unspecified atom stereocenters. The molecule has 2 N–H and O–H groups in total. The summed E-state index contributed by atoms with van der Waals surface area (Å²) in [6.45, 7) is 5.23. The SMILES string of the molecule is COCCNCCC(C)(O)C1CCOC2(CCSCC2)C1. The predicted octanol–water partition coefficient (Wildman–Crippen LogP) is 2.06. The lowest BCUT2D eigenvalue weighted by Crippen LogP contribution is -2.49. The molecule has 2 heterocycles. The van der Waals surface area contributed by atoms with Crippen molar-refractivity contribution in [2.75, 3.05) is 44.9 Å². The van der Waals surface area contributed by atoms with Gasteiger partial charge in [-0.1, -0.05) is 0 Å². The van der Waals surface area contributed by atoms with Crippen molar-refractivity contribution in [3.05, 3.63) is 0 Å². The van der Waals surface area contributed by atoms with E-state index in [1.54, 1.807) is 7.11 Å². The molecule has 21 heavy (non-hydrogen) atoms. The van der Waals surface area contributed by atoms with Gasteiger partial charge in [0.1, 0.15) is 0 Å². The summed E-state index contributed by atoms with van der Waals surface area (Å²) >= 11 is 2.03. The topological polar surface area (TPSA) is 50.7 Å². The van der Waals surface area contributed by atoms with Gasteiger partial charge >= 0.3 is 0 Å². The van der Waals surface area contributed by atoms with Crippen molar-refractivity contribution in [3.63, 3.8) is 0 Å². The van der Waals surface area contributed by atoms with E-state index in [0.717, 1.165) is 58.4 Å². The van der Waals surface area contributed by atoms with Crippen LogP contribution in [-0.2, 0) is 9.47 Å². The quantitative estimate of drug-likeness (QED) is 0.704. The number of aliphatic hydroxyl groups is 1. The molecule has 2 atom stereocenters. The van der Waals surface area contributed by atoms with E-state index in [1.807, 2.05) is 18.7 Å². The molecular weight excluding hydrogens is 286 g/mol. The van der Waals surface area contributed by atoms with E-state index >= 15 is 0 Å². The number of hydrogen-bond donors (Lipinski definition) is 2. The van der Waals surface area contributed by atoms with Crippen LogP contribution < -0.4 is 5.32 Å². The minimum absolute atomic E-state index is 0.0572. The van der Waals surface area contributed by atoms with Gasteiger partial charge in [-0.3, -0.25) is 0 Å². The monoisotopic (exact) mass is 317 g/mol. The highest BCUT2D eigenvalue weighted by Gasteiger charge is 2.44. The van der Waals surface area contributed by atoms with Crippen molar-refractivity contribution in [1.29, 1.82) is 0 Å². The molecule has 0 aromatic carbocycles. The van der Waals surface area contributed by atoms with Gasteiger partial charge in [-0.05, 0) is 63.0 Å². The normalized spacial score (nSPS) is 28.4. The van der Waals surface area contributed by atoms with Crippen LogP contribution in [0.2, 0.25) is 0 Å². The summed E-state index contributed by atoms with van der Waals surface area (Å²) in [6, 6.07) is 0. The molecule has 2 saturated heterocycles. The van der Waals surface area contributed by atoms with Crippen molar-refractivity contribution < 1.29 is 14.6 Å². The molecule has 0 aromatic rings. The van der Waals surface area contributed by atoms with Crippen LogP contribution in [0.25, 0.3) is 0 Å². The number of ether oxygens (including phenoxy) is 2. The third-order valence-corrected chi connectivity index (χ3v) is 6.05. The molecule has 124 valence electrons. The van der Waals surface area contributed by atoms with Gasteiger partial charge in [0, 0.05) is 20.3 Å². The van der Waals surface area contributed by atoms with Crippen molar-refractivity contribution in [3.8, 4) is 0 Å². The summed E-state index contributed by atoms with van der Waals surface area (Å²) in [5.41, 5.74) is -0.539. The summed E-state index contributed by atoms with van der Waals surface area (Å²) in [7, 11) is 1.71. The Bertz CT molecular complexity index is 300. The maximum atomic E-state index is 10.9. The van der Waals surface area contributed by atoms with Crippen molar-refractivity contribution in [2.24, 2.45) is 5.92 Å². The minimum atomic E-state index is -0.596. The molecular formula is C16H31NO3S. The van der Waals surface area contributed by atoms with Gasteiger partial charge < -0.3 is 19.9 Å². The van der Waals surface area contributed by atoms with E-state index in [0.29, 0.717) is 5.92 Å². The van der Waals surface area contributed by atoms with Crippen LogP contribution in [0.5, 0.6) is 0 Å². The zero-order chi connectivity index (χ0) is 15.2. The van der Waals surface area contributed by atoms with Crippen LogP contribution in [0, 0.1) is 5.92 Å². The Morgan fingerprint density at radius 3 is 2.86 bits per heavy atom. The molecule has 1 spiro atoms. The highest BCUT2D eigenvalue weighted by Crippen LogP contribution is 2.43. The second-order valence-electron chi connectivity index (χ2n) is 6.68. The standard InChI is InChI=1S/C16H31NO3S/c1-15(18,4-7-17-8-10-19-2)14-3-9-20-16(13-14)5-11-21-12-6-16/h14,17-18H,3-13H2,1-2H3. The lowest BCUT2D eigenvalue weighted by molar-refractivity contribution is -0.143. The molecule has 2 fully saturated rings. The largest absolute Gasteiger partial charge is 0.390 e. The second-order valence-corrected chi connectivity index (χ2v) is 7.91. The van der Waals surface area contributed by atoms with Gasteiger partial charge in [-0.25, -0.2) is 0 Å². The van der Waals surface area contributed by atoms with E-state index in [-0.39, 0.29) is 5.60 Å². The van der Waals surface area contributed by atoms with Gasteiger partial charge in [-0.15, -0.1) is 0 Å². The predicted molar refractivity (Wildman–Crippen MR) is 88.0 cm³/mol. The Hall–Kier alpha value is 0.190. The van der Waals surface area contributed by atoms with Crippen LogP contribution in [0.1, 0.15) is 39.0 Å². The molecule has 2 aliphatic rings. The lowest BCUT2D eigenvalue weighted by atomic mass is 9.73. The zero-order valence-electron chi connectivity index (χ0n) is 13.5. The van der Waals surface area contributed by atoms with Crippen molar-refractivity contribution >= 4 is 11.8 Å². The molecule has 0 amide bonds. The Labute approximate surface area is 133 Å². The molecule has 0 radical (unpaired) electrons. The number of rotatable bonds is 7. The lowest BCUT2D eigenvalue weighted by Gasteiger charge is -2.47. The van der Waals surface area contributed by atoms with E-state index in [4.69, 9.17) is 9.47 Å². The molecule has 2 rings (SSSR count). The summed E-state index contributed by atoms with van der Waals surface area (Å²) in [5, 5.41) is 14.2. The third kappa shape index (κ3) is 5.10. The van der Waals surface area contributed by atoms with Gasteiger partial charge in [0.2, 0.25) is 0 Å². The van der Waals surface area contributed by atoms with Gasteiger partial charge in [0.05, 0.1) is 17.8 Å². The first-order valence-electron chi connectivity index (χ1n) is 8.22. The maximum Gasteiger partial charge on any atom is 0.0702 e. The highest BCUT2D eigenvalue weighted by atomic mass is 32.2. The Balaban J connectivity index is 1.81. The molecule has 0 aromatic heterocycles. The van der Waals surface area contributed by atoms with Gasteiger partial charge in [0.15, 0.2) is 0 Å². The summed E-state index contributed by atoms with van der Waals surface area (Å²) in [5.74, 6) is 2.76. The summed E-state index contributed by atoms with van der Waals surface area (Å²) in [4.78, 5) is 0. The Morgan fingerprint density at radius 1 is 1.38 bits per heavy atom. The molecule has 0 saturated carbocycles. The molecule has 0 bridgehead atoms. The van der Waals surface area contributed by atoms with E-state index in [1.165, 1.54) is 11.5 Å². The molecule has 4 nitrogen and oxygen atoms in total. The minimum Gasteiger partial charge on any atom is -0.390 e. The average Bonchev–Trinajstić information content (AvgIpc) is 2.48. The first-order valence-corrected chi connectivity index (χ1v) is 9.37. The maximum absolute atomic E-state index is 10.9. The zero-order valence-corrected chi connectivity index (χ0v) is 14.3. The first-order chi connectivity index (χ1) is 10.1. The fourth-order valence-electron chi connectivity index (χ4n) is 3.50. The summed E-state index contributed by atoms with van der Waals surface area (Å²) in [6.07, 6.45) is 5.11. The average molecular weight is 317 g/mol. The van der Waals surface area contributed by atoms with Crippen molar-refractivity contribution in [1.82, 2.24) is 5.32 Å². The number of thioether (sulfide) groups is 1. The van der Waals surface area contributed by atoms with E-state index in [2.05, 4.69) is 5.32 Å². The van der Waals surface area contributed by atoms with Gasteiger partial charge in [0.25, 0.3) is 0 Å². The van der Waals surface area contributed by atoms with Crippen LogP contribution in [0.15, 0.2) is 0 Å². The van der Waals surface area contributed by atoms with E-state index < -0.39 is 5.60 Å². The molecule has 2 aliphatic heterocycles. The number of nitrogens with one attached hydrogen (secondary N) is 1. The second kappa shape index (κ2) is 8.16. The highest BCUT2D eigenvalue weighted by molar-refractivity contribution is 7.99. The number of hydrogen-bond acceptors (Lipinski definition) is 5. The smallest absolute Gasteiger partial charge is 0.0702 e. The molecule has 5 heteroatoms. The number of methoxy groups -OCH3 is 1. The molecule has 0 aliphatic carbocycles. The Morgan fingerprint density at radius 2 is 2.14 bits per heavy atom. The third-order valence-electron chi connectivity index (χ3n) is 5.07. The van der Waals surface area contributed by atoms with Crippen LogP contribution in [0.3, 0.4) is 0 Å². The van der Waals surface area contributed by atoms with Crippen LogP contribution >= 0.6 is 11.8 Å². The fraction of sp³-hybridized carbons (Fsp3) is 1.00. The van der Waals surface area contributed by atoms with E-state index in [9.17, 15) is 5.11 Å². The van der Waals surface area contributed by atoms with Gasteiger partial charge in [-0.2, -0.15) is 11.8 Å². The van der Waals surface area contributed by atoms with Crippen molar-refractivity contribution in [2.45, 2.75) is 50.2 Å².